The van der Waals surface area contributed by atoms with Gasteiger partial charge in [-0.25, -0.2) is 4.98 Å². The van der Waals surface area contributed by atoms with Crippen molar-refractivity contribution < 1.29 is 0 Å². The summed E-state index contributed by atoms with van der Waals surface area (Å²) in [5, 5.41) is 1.18. The minimum absolute atomic E-state index is 0.349. The van der Waals surface area contributed by atoms with Crippen LogP contribution in [0.2, 0.25) is 0 Å². The first kappa shape index (κ1) is 11.9. The lowest BCUT2D eigenvalue weighted by atomic mass is 10.0. The Labute approximate surface area is 119 Å². The van der Waals surface area contributed by atoms with Crippen molar-refractivity contribution in [1.29, 1.82) is 0 Å². The molecule has 18 heavy (non-hydrogen) atoms. The summed E-state index contributed by atoms with van der Waals surface area (Å²) in [6.07, 6.45) is 0. The zero-order valence-corrected chi connectivity index (χ0v) is 12.3. The van der Waals surface area contributed by atoms with Gasteiger partial charge in [0.2, 0.25) is 0 Å². The van der Waals surface area contributed by atoms with Crippen molar-refractivity contribution in [1.82, 2.24) is 4.98 Å². The summed E-state index contributed by atoms with van der Waals surface area (Å²) in [4.78, 5) is 4.73. The maximum atomic E-state index is 4.73. The first-order valence-corrected chi connectivity index (χ1v) is 7.46. The monoisotopic (exact) mass is 317 g/mol. The molecule has 0 aliphatic rings. The molecule has 0 N–H and O–H groups in total. The Morgan fingerprint density at radius 3 is 2.67 bits per heavy atom. The predicted molar refractivity (Wildman–Crippen MR) is 81.3 cm³/mol. The largest absolute Gasteiger partial charge is 0.241 e. The number of hydrogen-bond donors (Lipinski definition) is 0. The average Bonchev–Trinajstić information content (AvgIpc) is 2.81. The normalized spacial score (nSPS) is 12.8. The van der Waals surface area contributed by atoms with Crippen LogP contribution in [0.4, 0.5) is 0 Å². The van der Waals surface area contributed by atoms with Gasteiger partial charge in [-0.05, 0) is 23.8 Å². The molecule has 3 aromatic rings. The lowest BCUT2D eigenvalue weighted by Crippen LogP contribution is -1.94. The Balaban J connectivity index is 2.04. The van der Waals surface area contributed by atoms with Crippen LogP contribution in [0.5, 0.6) is 0 Å². The van der Waals surface area contributed by atoms with E-state index in [9.17, 15) is 0 Å². The number of fused-ring (bicyclic) bond motifs is 1. The van der Waals surface area contributed by atoms with Gasteiger partial charge >= 0.3 is 0 Å². The van der Waals surface area contributed by atoms with E-state index >= 15 is 0 Å². The SMILES string of the molecule is CC(c1ccccc1)c1nc2ccc(Br)cc2s1. The number of benzene rings is 2. The first-order chi connectivity index (χ1) is 8.74. The number of nitrogens with zero attached hydrogens (tertiary/aromatic N) is 1. The quantitative estimate of drug-likeness (QED) is 0.632. The molecular formula is C15H12BrNS. The zero-order chi connectivity index (χ0) is 12.5. The van der Waals surface area contributed by atoms with E-state index in [1.807, 2.05) is 12.1 Å². The van der Waals surface area contributed by atoms with E-state index in [1.165, 1.54) is 15.3 Å². The standard InChI is InChI=1S/C15H12BrNS/c1-10(11-5-3-2-4-6-11)15-17-13-8-7-12(16)9-14(13)18-15/h2-10H,1H3. The highest BCUT2D eigenvalue weighted by Crippen LogP contribution is 2.32. The molecule has 90 valence electrons. The molecule has 0 saturated carbocycles. The van der Waals surface area contributed by atoms with Crippen LogP contribution in [-0.4, -0.2) is 4.98 Å². The van der Waals surface area contributed by atoms with Crippen molar-refractivity contribution in [3.05, 3.63) is 63.6 Å². The molecule has 1 unspecified atom stereocenters. The summed E-state index contributed by atoms with van der Waals surface area (Å²) in [6.45, 7) is 2.21. The first-order valence-electron chi connectivity index (χ1n) is 5.85. The van der Waals surface area contributed by atoms with E-state index in [2.05, 4.69) is 59.3 Å². The molecule has 0 spiro atoms. The highest BCUT2D eigenvalue weighted by Gasteiger charge is 2.13. The molecule has 0 fully saturated rings. The Kier molecular flexibility index (Phi) is 3.18. The molecule has 1 nitrogen and oxygen atoms in total. The van der Waals surface area contributed by atoms with Crippen molar-refractivity contribution >= 4 is 37.5 Å². The number of rotatable bonds is 2. The molecule has 1 heterocycles. The van der Waals surface area contributed by atoms with Crippen LogP contribution in [0.1, 0.15) is 23.4 Å². The van der Waals surface area contributed by atoms with Crippen LogP contribution < -0.4 is 0 Å². The van der Waals surface area contributed by atoms with Crippen molar-refractivity contribution in [2.24, 2.45) is 0 Å². The van der Waals surface area contributed by atoms with Gasteiger partial charge < -0.3 is 0 Å². The second-order valence-electron chi connectivity index (χ2n) is 4.30. The zero-order valence-electron chi connectivity index (χ0n) is 9.93. The molecule has 0 saturated heterocycles. The van der Waals surface area contributed by atoms with E-state index in [0.29, 0.717) is 5.92 Å². The van der Waals surface area contributed by atoms with Crippen LogP contribution in [0.25, 0.3) is 10.2 Å². The second-order valence-corrected chi connectivity index (χ2v) is 6.27. The highest BCUT2D eigenvalue weighted by molar-refractivity contribution is 9.10. The molecule has 2 aromatic carbocycles. The van der Waals surface area contributed by atoms with Gasteiger partial charge in [0.05, 0.1) is 10.2 Å². The topological polar surface area (TPSA) is 12.9 Å². The van der Waals surface area contributed by atoms with Gasteiger partial charge in [-0.15, -0.1) is 11.3 Å². The van der Waals surface area contributed by atoms with Gasteiger partial charge in [-0.1, -0.05) is 53.2 Å². The fraction of sp³-hybridized carbons (Fsp3) is 0.133. The van der Waals surface area contributed by atoms with E-state index in [1.54, 1.807) is 11.3 Å². The minimum Gasteiger partial charge on any atom is -0.241 e. The summed E-state index contributed by atoms with van der Waals surface area (Å²) in [7, 11) is 0. The summed E-state index contributed by atoms with van der Waals surface area (Å²) in [6, 6.07) is 16.8. The number of thiazole rings is 1. The number of halogens is 1. The second kappa shape index (κ2) is 4.82. The molecule has 3 rings (SSSR count). The Hall–Kier alpha value is -1.19. The molecule has 3 heteroatoms. The lowest BCUT2D eigenvalue weighted by Gasteiger charge is -2.07. The van der Waals surface area contributed by atoms with Gasteiger partial charge in [0.15, 0.2) is 0 Å². The van der Waals surface area contributed by atoms with Crippen LogP contribution in [-0.2, 0) is 0 Å². The van der Waals surface area contributed by atoms with Gasteiger partial charge in [0, 0.05) is 10.4 Å². The number of aromatic nitrogens is 1. The fourth-order valence-electron chi connectivity index (χ4n) is 1.99. The Morgan fingerprint density at radius 2 is 1.89 bits per heavy atom. The molecule has 0 aliphatic heterocycles. The minimum atomic E-state index is 0.349. The predicted octanol–water partition coefficient (Wildman–Crippen LogP) is 5.21. The molecular weight excluding hydrogens is 306 g/mol. The Morgan fingerprint density at radius 1 is 1.11 bits per heavy atom. The molecule has 1 aromatic heterocycles. The third kappa shape index (κ3) is 2.20. The molecule has 0 radical (unpaired) electrons. The fourth-order valence-corrected chi connectivity index (χ4v) is 3.58. The molecule has 0 bridgehead atoms. The maximum absolute atomic E-state index is 4.73. The maximum Gasteiger partial charge on any atom is 0.101 e. The van der Waals surface area contributed by atoms with Crippen molar-refractivity contribution in [3.63, 3.8) is 0 Å². The summed E-state index contributed by atoms with van der Waals surface area (Å²) in [5.74, 6) is 0.349. The lowest BCUT2D eigenvalue weighted by molar-refractivity contribution is 0.910. The molecule has 1 atom stereocenters. The van der Waals surface area contributed by atoms with E-state index in [0.717, 1.165) is 9.99 Å². The van der Waals surface area contributed by atoms with Crippen molar-refractivity contribution in [2.45, 2.75) is 12.8 Å². The van der Waals surface area contributed by atoms with E-state index < -0.39 is 0 Å². The highest BCUT2D eigenvalue weighted by atomic mass is 79.9. The van der Waals surface area contributed by atoms with Crippen LogP contribution in [0.3, 0.4) is 0 Å². The van der Waals surface area contributed by atoms with Gasteiger partial charge in [0.25, 0.3) is 0 Å². The Bertz CT molecular complexity index is 675. The van der Waals surface area contributed by atoms with Crippen LogP contribution >= 0.6 is 27.3 Å². The van der Waals surface area contributed by atoms with Gasteiger partial charge in [-0.3, -0.25) is 0 Å². The smallest absolute Gasteiger partial charge is 0.101 e. The average molecular weight is 318 g/mol. The molecule has 0 amide bonds. The van der Waals surface area contributed by atoms with E-state index in [4.69, 9.17) is 4.98 Å². The summed E-state index contributed by atoms with van der Waals surface area (Å²) < 4.78 is 2.35. The third-order valence-corrected chi connectivity index (χ3v) is 4.73. The molecule has 0 aliphatic carbocycles. The van der Waals surface area contributed by atoms with Gasteiger partial charge in [0.1, 0.15) is 5.01 Å². The summed E-state index contributed by atoms with van der Waals surface area (Å²) in [5.41, 5.74) is 2.40. The van der Waals surface area contributed by atoms with Crippen molar-refractivity contribution in [2.75, 3.05) is 0 Å². The van der Waals surface area contributed by atoms with E-state index in [-0.39, 0.29) is 0 Å². The van der Waals surface area contributed by atoms with Gasteiger partial charge in [-0.2, -0.15) is 0 Å². The van der Waals surface area contributed by atoms with Crippen LogP contribution in [0, 0.1) is 0 Å². The summed E-state index contributed by atoms with van der Waals surface area (Å²) >= 11 is 5.28. The van der Waals surface area contributed by atoms with Crippen molar-refractivity contribution in [3.8, 4) is 0 Å². The third-order valence-electron chi connectivity index (χ3n) is 3.04. The number of hydrogen-bond acceptors (Lipinski definition) is 2. The van der Waals surface area contributed by atoms with Crippen LogP contribution in [0.15, 0.2) is 53.0 Å².